The highest BCUT2D eigenvalue weighted by molar-refractivity contribution is 6.57. The van der Waals surface area contributed by atoms with Crippen molar-refractivity contribution in [1.82, 2.24) is 0 Å². The fraction of sp³-hybridized carbons (Fsp3) is 0. The second-order valence-electron chi connectivity index (χ2n) is 3.33. The van der Waals surface area contributed by atoms with Crippen molar-refractivity contribution in [2.45, 2.75) is 0 Å². The highest BCUT2D eigenvalue weighted by Crippen LogP contribution is 2.53. The molecule has 0 amide bonds. The molecule has 2 rings (SSSR count). The van der Waals surface area contributed by atoms with Crippen molar-refractivity contribution < 1.29 is 10.2 Å². The van der Waals surface area contributed by atoms with Crippen molar-refractivity contribution in [1.29, 1.82) is 0 Å². The second kappa shape index (κ2) is 4.86. The standard InChI is InChI=1S/C10H2Cl6O2/c11-3-1-2(4(12)6(14)5(3)13)10(18)8(16)7(15)9(1)17/h17-18H. The number of aromatic hydroxyl groups is 2. The van der Waals surface area contributed by atoms with E-state index in [4.69, 9.17) is 69.6 Å². The smallest absolute Gasteiger partial charge is 0.145 e. The van der Waals surface area contributed by atoms with E-state index in [0.29, 0.717) is 0 Å². The zero-order chi connectivity index (χ0) is 13.8. The average molecular weight is 367 g/mol. The third-order valence-corrected chi connectivity index (χ3v) is 4.98. The summed E-state index contributed by atoms with van der Waals surface area (Å²) in [5.41, 5.74) is 0. The molecule has 0 saturated carbocycles. The Labute approximate surface area is 132 Å². The van der Waals surface area contributed by atoms with E-state index in [1.54, 1.807) is 0 Å². The number of halogens is 6. The average Bonchev–Trinajstić information content (AvgIpc) is 2.35. The second-order valence-corrected chi connectivity index (χ2v) is 5.60. The lowest BCUT2D eigenvalue weighted by Gasteiger charge is -2.13. The molecule has 2 nitrogen and oxygen atoms in total. The lowest BCUT2D eigenvalue weighted by molar-refractivity contribution is 0.470. The van der Waals surface area contributed by atoms with Crippen molar-refractivity contribution >= 4 is 80.4 Å². The molecule has 0 aliphatic rings. The molecule has 18 heavy (non-hydrogen) atoms. The Morgan fingerprint density at radius 3 is 1.00 bits per heavy atom. The molecule has 0 saturated heterocycles. The number of hydrogen-bond donors (Lipinski definition) is 2. The first kappa shape index (κ1) is 14.4. The summed E-state index contributed by atoms with van der Waals surface area (Å²) in [5, 5.41) is 19.0. The van der Waals surface area contributed by atoms with E-state index in [0.717, 1.165) is 0 Å². The summed E-state index contributed by atoms with van der Waals surface area (Å²) in [5.74, 6) is -0.861. The fourth-order valence-electron chi connectivity index (χ4n) is 1.50. The number of hydrogen-bond acceptors (Lipinski definition) is 2. The highest BCUT2D eigenvalue weighted by Gasteiger charge is 2.24. The van der Waals surface area contributed by atoms with Gasteiger partial charge in [0.2, 0.25) is 0 Å². The first-order valence-corrected chi connectivity index (χ1v) is 6.60. The monoisotopic (exact) mass is 364 g/mol. The van der Waals surface area contributed by atoms with Crippen LogP contribution in [0.1, 0.15) is 0 Å². The van der Waals surface area contributed by atoms with Gasteiger partial charge in [-0.2, -0.15) is 0 Å². The summed E-state index contributed by atoms with van der Waals surface area (Å²) in [7, 11) is 0. The van der Waals surface area contributed by atoms with Crippen molar-refractivity contribution in [2.75, 3.05) is 0 Å². The molecule has 0 aliphatic heterocycles. The van der Waals surface area contributed by atoms with Gasteiger partial charge in [-0.05, 0) is 0 Å². The molecule has 0 unspecified atom stereocenters. The molecule has 0 fully saturated rings. The number of phenols is 2. The molecule has 96 valence electrons. The lowest BCUT2D eigenvalue weighted by Crippen LogP contribution is -1.86. The van der Waals surface area contributed by atoms with Gasteiger partial charge in [-0.25, -0.2) is 0 Å². The Hall–Kier alpha value is 0.0400. The Morgan fingerprint density at radius 1 is 0.444 bits per heavy atom. The van der Waals surface area contributed by atoms with Gasteiger partial charge in [0.1, 0.15) is 21.5 Å². The van der Waals surface area contributed by atoms with Gasteiger partial charge in [-0.1, -0.05) is 69.6 Å². The summed E-state index contributed by atoms with van der Waals surface area (Å²) in [4.78, 5) is 0. The number of fused-ring (bicyclic) bond motifs is 1. The molecule has 0 radical (unpaired) electrons. The predicted molar refractivity (Wildman–Crippen MR) is 77.3 cm³/mol. The van der Waals surface area contributed by atoms with Crippen LogP contribution in [0.4, 0.5) is 0 Å². The summed E-state index contributed by atoms with van der Waals surface area (Å²) < 4.78 is 0. The summed E-state index contributed by atoms with van der Waals surface area (Å²) in [6, 6.07) is 0. The van der Waals surface area contributed by atoms with Gasteiger partial charge in [0.15, 0.2) is 0 Å². The maximum absolute atomic E-state index is 9.91. The maximum Gasteiger partial charge on any atom is 0.145 e. The van der Waals surface area contributed by atoms with Gasteiger partial charge in [-0.15, -0.1) is 0 Å². The van der Waals surface area contributed by atoms with Crippen LogP contribution in [0, 0.1) is 0 Å². The van der Waals surface area contributed by atoms with Crippen LogP contribution in [0.25, 0.3) is 10.8 Å². The van der Waals surface area contributed by atoms with Crippen molar-refractivity contribution in [3.8, 4) is 11.5 Å². The molecule has 0 atom stereocenters. The Kier molecular flexibility index (Phi) is 3.90. The molecule has 0 aromatic heterocycles. The lowest BCUT2D eigenvalue weighted by atomic mass is 10.1. The van der Waals surface area contributed by atoms with Crippen molar-refractivity contribution in [3.05, 3.63) is 30.1 Å². The molecule has 0 spiro atoms. The van der Waals surface area contributed by atoms with E-state index in [9.17, 15) is 10.2 Å². The normalized spacial score (nSPS) is 11.2. The molecule has 0 bridgehead atoms. The van der Waals surface area contributed by atoms with Gasteiger partial charge in [-0.3, -0.25) is 0 Å². The first-order valence-electron chi connectivity index (χ1n) is 4.33. The molecular weight excluding hydrogens is 365 g/mol. The zero-order valence-electron chi connectivity index (χ0n) is 8.16. The van der Waals surface area contributed by atoms with Crippen LogP contribution in [0.15, 0.2) is 0 Å². The SMILES string of the molecule is Oc1c(Cl)c(Cl)c(O)c2c(Cl)c(Cl)c(Cl)c(Cl)c12. The van der Waals surface area contributed by atoms with E-state index >= 15 is 0 Å². The van der Waals surface area contributed by atoms with Crippen molar-refractivity contribution in [3.63, 3.8) is 0 Å². The van der Waals surface area contributed by atoms with Gasteiger partial charge >= 0.3 is 0 Å². The summed E-state index contributed by atoms with van der Waals surface area (Å²) >= 11 is 35.2. The summed E-state index contributed by atoms with van der Waals surface area (Å²) in [6.45, 7) is 0. The largest absolute Gasteiger partial charge is 0.506 e. The van der Waals surface area contributed by atoms with Crippen LogP contribution in [0.2, 0.25) is 30.1 Å². The summed E-state index contributed by atoms with van der Waals surface area (Å²) in [6.07, 6.45) is 0. The molecule has 2 aromatic rings. The molecule has 2 aromatic carbocycles. The van der Waals surface area contributed by atoms with Crippen LogP contribution in [0.5, 0.6) is 11.5 Å². The first-order chi connectivity index (χ1) is 8.29. The van der Waals surface area contributed by atoms with E-state index in [1.807, 2.05) is 0 Å². The molecule has 0 aliphatic carbocycles. The number of benzene rings is 2. The topological polar surface area (TPSA) is 40.5 Å². The van der Waals surface area contributed by atoms with Crippen molar-refractivity contribution in [2.24, 2.45) is 0 Å². The van der Waals surface area contributed by atoms with E-state index in [-0.39, 0.29) is 40.9 Å². The number of phenolic OH excluding ortho intramolecular Hbond substituents is 2. The highest BCUT2D eigenvalue weighted by atomic mass is 35.5. The van der Waals surface area contributed by atoms with Crippen LogP contribution in [-0.2, 0) is 0 Å². The van der Waals surface area contributed by atoms with Crippen LogP contribution < -0.4 is 0 Å². The van der Waals surface area contributed by atoms with Gasteiger partial charge in [0.05, 0.1) is 30.9 Å². The van der Waals surface area contributed by atoms with Gasteiger partial charge in [0, 0.05) is 0 Å². The maximum atomic E-state index is 9.91. The Morgan fingerprint density at radius 2 is 0.722 bits per heavy atom. The quantitative estimate of drug-likeness (QED) is 0.332. The molecular formula is C10H2Cl6O2. The third-order valence-electron chi connectivity index (χ3n) is 2.35. The van der Waals surface area contributed by atoms with E-state index in [1.165, 1.54) is 0 Å². The van der Waals surface area contributed by atoms with Gasteiger partial charge in [0.25, 0.3) is 0 Å². The minimum absolute atomic E-state index is 0.0111. The Bertz CT molecular complexity index is 569. The fourth-order valence-corrected chi connectivity index (χ4v) is 2.90. The molecule has 8 heteroatoms. The van der Waals surface area contributed by atoms with Gasteiger partial charge < -0.3 is 10.2 Å². The Balaban J connectivity index is 3.22. The number of rotatable bonds is 0. The van der Waals surface area contributed by atoms with Crippen LogP contribution in [-0.4, -0.2) is 10.2 Å². The molecule has 0 heterocycles. The predicted octanol–water partition coefficient (Wildman–Crippen LogP) is 6.17. The zero-order valence-corrected chi connectivity index (χ0v) is 12.7. The van der Waals surface area contributed by atoms with Crippen LogP contribution in [0.3, 0.4) is 0 Å². The van der Waals surface area contributed by atoms with E-state index < -0.39 is 11.5 Å². The van der Waals surface area contributed by atoms with E-state index in [2.05, 4.69) is 0 Å². The molecule has 2 N–H and O–H groups in total. The minimum Gasteiger partial charge on any atom is -0.506 e. The minimum atomic E-state index is -0.431. The third kappa shape index (κ3) is 1.87. The van der Waals surface area contributed by atoms with Crippen LogP contribution >= 0.6 is 69.6 Å².